The van der Waals surface area contributed by atoms with Gasteiger partial charge in [-0.2, -0.15) is 13.2 Å². The number of halogens is 3. The van der Waals surface area contributed by atoms with E-state index in [1.807, 2.05) is 0 Å². The molecular formula is C19H19F3O4S. The molecule has 146 valence electrons. The second-order valence-electron chi connectivity index (χ2n) is 5.46. The Morgan fingerprint density at radius 1 is 1.15 bits per heavy atom. The number of carbonyl (C=O) groups excluding carboxylic acids is 1. The molecule has 0 aromatic heterocycles. The van der Waals surface area contributed by atoms with Crippen LogP contribution in [0.4, 0.5) is 18.0 Å². The lowest BCUT2D eigenvalue weighted by atomic mass is 10.1. The fourth-order valence-corrected chi connectivity index (χ4v) is 3.02. The van der Waals surface area contributed by atoms with Gasteiger partial charge in [0.2, 0.25) is 0 Å². The van der Waals surface area contributed by atoms with Gasteiger partial charge in [-0.1, -0.05) is 19.1 Å². The van der Waals surface area contributed by atoms with Gasteiger partial charge in [-0.3, -0.25) is 0 Å². The molecule has 0 fully saturated rings. The van der Waals surface area contributed by atoms with Crippen LogP contribution in [0, 0.1) is 0 Å². The Morgan fingerprint density at radius 3 is 2.48 bits per heavy atom. The number of rotatable bonds is 6. The monoisotopic (exact) mass is 400 g/mol. The first-order valence-electron chi connectivity index (χ1n) is 8.04. The van der Waals surface area contributed by atoms with Gasteiger partial charge < -0.3 is 14.2 Å². The predicted molar refractivity (Wildman–Crippen MR) is 96.4 cm³/mol. The summed E-state index contributed by atoms with van der Waals surface area (Å²) in [5, 5.41) is 0. The third kappa shape index (κ3) is 5.32. The molecule has 0 unspecified atom stereocenters. The summed E-state index contributed by atoms with van der Waals surface area (Å²) in [6, 6.07) is 8.95. The summed E-state index contributed by atoms with van der Waals surface area (Å²) in [7, 11) is 1.17. The zero-order chi connectivity index (χ0) is 20.0. The third-order valence-electron chi connectivity index (χ3n) is 3.80. The van der Waals surface area contributed by atoms with Crippen LogP contribution in [0.25, 0.3) is 0 Å². The first kappa shape index (κ1) is 21.0. The lowest BCUT2D eigenvalue weighted by Gasteiger charge is -2.17. The molecule has 0 spiro atoms. The van der Waals surface area contributed by atoms with Gasteiger partial charge in [0, 0.05) is 10.5 Å². The summed E-state index contributed by atoms with van der Waals surface area (Å²) < 4.78 is 55.1. The highest BCUT2D eigenvalue weighted by atomic mass is 32.2. The number of thioether (sulfide) groups is 1. The van der Waals surface area contributed by atoms with Gasteiger partial charge in [0.05, 0.1) is 12.7 Å². The molecule has 0 saturated heterocycles. The van der Waals surface area contributed by atoms with Crippen LogP contribution < -0.4 is 9.47 Å². The van der Waals surface area contributed by atoms with Crippen LogP contribution in [-0.4, -0.2) is 19.5 Å². The van der Waals surface area contributed by atoms with E-state index >= 15 is 0 Å². The van der Waals surface area contributed by atoms with Gasteiger partial charge in [0.15, 0.2) is 0 Å². The highest BCUT2D eigenvalue weighted by Gasteiger charge is 2.34. The molecule has 27 heavy (non-hydrogen) atoms. The number of benzene rings is 2. The van der Waals surface area contributed by atoms with Crippen LogP contribution in [0.2, 0.25) is 0 Å². The Labute approximate surface area is 159 Å². The molecule has 0 radical (unpaired) electrons. The van der Waals surface area contributed by atoms with Crippen LogP contribution in [-0.2, 0) is 23.9 Å². The maximum absolute atomic E-state index is 13.4. The number of alkyl halides is 3. The van der Waals surface area contributed by atoms with E-state index in [1.165, 1.54) is 31.0 Å². The fourth-order valence-electron chi connectivity index (χ4n) is 2.40. The SMILES string of the molecule is CCc1ccc(OCc2c(OC(=O)OC)cccc2SC)c(C(F)(F)F)c1. The number of hydrogen-bond donors (Lipinski definition) is 0. The van der Waals surface area contributed by atoms with Gasteiger partial charge in [-0.05, 0) is 42.5 Å². The summed E-state index contributed by atoms with van der Waals surface area (Å²) in [6.45, 7) is 1.58. The minimum atomic E-state index is -4.54. The van der Waals surface area contributed by atoms with Crippen molar-refractivity contribution in [2.24, 2.45) is 0 Å². The van der Waals surface area contributed by atoms with Crippen molar-refractivity contribution in [3.63, 3.8) is 0 Å². The normalized spacial score (nSPS) is 11.2. The maximum Gasteiger partial charge on any atom is 0.513 e. The third-order valence-corrected chi connectivity index (χ3v) is 4.62. The largest absolute Gasteiger partial charge is 0.513 e. The average Bonchev–Trinajstić information content (AvgIpc) is 2.65. The molecule has 2 aromatic rings. The highest BCUT2D eigenvalue weighted by Crippen LogP contribution is 2.38. The molecule has 2 aromatic carbocycles. The smallest absolute Gasteiger partial charge is 0.488 e. The second-order valence-corrected chi connectivity index (χ2v) is 6.31. The molecule has 0 heterocycles. The molecular weight excluding hydrogens is 381 g/mol. The molecule has 0 atom stereocenters. The minimum absolute atomic E-state index is 0.174. The molecule has 0 bridgehead atoms. The van der Waals surface area contributed by atoms with E-state index in [-0.39, 0.29) is 18.1 Å². The van der Waals surface area contributed by atoms with E-state index in [2.05, 4.69) is 4.74 Å². The lowest BCUT2D eigenvalue weighted by molar-refractivity contribution is -0.139. The zero-order valence-corrected chi connectivity index (χ0v) is 15.9. The fraction of sp³-hybridized carbons (Fsp3) is 0.316. The highest BCUT2D eigenvalue weighted by molar-refractivity contribution is 7.98. The first-order chi connectivity index (χ1) is 12.8. The van der Waals surface area contributed by atoms with Crippen molar-refractivity contribution in [3.05, 3.63) is 53.1 Å². The summed E-state index contributed by atoms with van der Waals surface area (Å²) >= 11 is 1.36. The summed E-state index contributed by atoms with van der Waals surface area (Å²) in [5.74, 6) is -0.105. The molecule has 0 aliphatic heterocycles. The van der Waals surface area contributed by atoms with Crippen LogP contribution in [0.3, 0.4) is 0 Å². The van der Waals surface area contributed by atoms with E-state index < -0.39 is 17.9 Å². The van der Waals surface area contributed by atoms with Gasteiger partial charge >= 0.3 is 12.3 Å². The Hall–Kier alpha value is -2.35. The van der Waals surface area contributed by atoms with Gasteiger partial charge in [-0.25, -0.2) is 4.79 Å². The van der Waals surface area contributed by atoms with Gasteiger partial charge in [-0.15, -0.1) is 11.8 Å². The second kappa shape index (κ2) is 9.03. The molecule has 0 aliphatic rings. The van der Waals surface area contributed by atoms with Crippen molar-refractivity contribution in [3.8, 4) is 11.5 Å². The number of carbonyl (C=O) groups is 1. The molecule has 0 amide bonds. The summed E-state index contributed by atoms with van der Waals surface area (Å²) in [6.07, 6.45) is -3.17. The van der Waals surface area contributed by atoms with E-state index in [9.17, 15) is 18.0 Å². The first-order valence-corrected chi connectivity index (χ1v) is 9.27. The van der Waals surface area contributed by atoms with E-state index in [0.717, 1.165) is 11.0 Å². The van der Waals surface area contributed by atoms with Crippen LogP contribution in [0.15, 0.2) is 41.3 Å². The van der Waals surface area contributed by atoms with E-state index in [1.54, 1.807) is 31.4 Å². The standard InChI is InChI=1S/C19H19F3O4S/c1-4-12-8-9-16(14(10-12)19(20,21)22)25-11-13-15(26-18(23)24-2)6-5-7-17(13)27-3/h5-10H,4,11H2,1-3H3. The Morgan fingerprint density at radius 2 is 1.89 bits per heavy atom. The summed E-state index contributed by atoms with van der Waals surface area (Å²) in [4.78, 5) is 12.1. The number of methoxy groups -OCH3 is 1. The van der Waals surface area contributed by atoms with Crippen molar-refractivity contribution >= 4 is 17.9 Å². The Kier molecular flexibility index (Phi) is 7.01. The number of ether oxygens (including phenoxy) is 3. The Balaban J connectivity index is 2.35. The molecule has 0 saturated carbocycles. The molecule has 8 heteroatoms. The zero-order valence-electron chi connectivity index (χ0n) is 15.1. The van der Waals surface area contributed by atoms with Crippen LogP contribution in [0.1, 0.15) is 23.6 Å². The Bertz CT molecular complexity index is 806. The van der Waals surface area contributed by atoms with Crippen molar-refractivity contribution in [1.82, 2.24) is 0 Å². The van der Waals surface area contributed by atoms with Crippen LogP contribution >= 0.6 is 11.8 Å². The van der Waals surface area contributed by atoms with Gasteiger partial charge in [0.1, 0.15) is 18.1 Å². The minimum Gasteiger partial charge on any atom is -0.488 e. The quantitative estimate of drug-likeness (QED) is 0.353. The topological polar surface area (TPSA) is 44.8 Å². The van der Waals surface area contributed by atoms with Crippen LogP contribution in [0.5, 0.6) is 11.5 Å². The van der Waals surface area contributed by atoms with Gasteiger partial charge in [0.25, 0.3) is 0 Å². The summed E-state index contributed by atoms with van der Waals surface area (Å²) in [5.41, 5.74) is 0.191. The molecule has 0 aliphatic carbocycles. The number of aryl methyl sites for hydroxylation is 1. The van der Waals surface area contributed by atoms with Crippen molar-refractivity contribution in [2.75, 3.05) is 13.4 Å². The van der Waals surface area contributed by atoms with E-state index in [4.69, 9.17) is 9.47 Å². The number of hydrogen-bond acceptors (Lipinski definition) is 5. The average molecular weight is 400 g/mol. The van der Waals surface area contributed by atoms with Crippen molar-refractivity contribution < 1.29 is 32.2 Å². The molecule has 4 nitrogen and oxygen atoms in total. The lowest BCUT2D eigenvalue weighted by Crippen LogP contribution is -2.12. The van der Waals surface area contributed by atoms with E-state index in [0.29, 0.717) is 17.5 Å². The molecule has 0 N–H and O–H groups in total. The molecule has 2 rings (SSSR count). The van der Waals surface area contributed by atoms with Crippen molar-refractivity contribution in [1.29, 1.82) is 0 Å². The van der Waals surface area contributed by atoms with Crippen molar-refractivity contribution in [2.45, 2.75) is 31.0 Å². The predicted octanol–water partition coefficient (Wildman–Crippen LogP) is 5.71. The maximum atomic E-state index is 13.4.